The smallest absolute Gasteiger partial charge is 0.262 e. The van der Waals surface area contributed by atoms with Gasteiger partial charge in [-0.25, -0.2) is 0 Å². The fourth-order valence-corrected chi connectivity index (χ4v) is 11.2. The van der Waals surface area contributed by atoms with Crippen molar-refractivity contribution in [3.63, 3.8) is 0 Å². The number of imide groups is 2. The number of rotatable bonds is 9. The maximum atomic E-state index is 13.6. The number of piperidine rings is 2. The number of nitrogens with zero attached hydrogens (tertiary/aromatic N) is 5. The summed E-state index contributed by atoms with van der Waals surface area (Å²) in [6.45, 7) is 15.9. The molecular weight excluding hydrogens is 759 g/mol. The minimum Gasteiger partial charge on any atom is -0.489 e. The highest BCUT2D eigenvalue weighted by Crippen LogP contribution is 2.55. The van der Waals surface area contributed by atoms with E-state index in [0.717, 1.165) is 91.6 Å². The minimum atomic E-state index is -0.958. The average molecular weight is 812 g/mol. The van der Waals surface area contributed by atoms with Gasteiger partial charge >= 0.3 is 0 Å². The highest BCUT2D eigenvalue weighted by Gasteiger charge is 2.64. The van der Waals surface area contributed by atoms with Gasteiger partial charge in [-0.1, -0.05) is 34.6 Å². The highest BCUT2D eigenvalue weighted by molar-refractivity contribution is 6.23. The Morgan fingerprint density at radius 3 is 2.07 bits per heavy atom. The number of ether oxygens (including phenoxy) is 1. The first-order valence-electron chi connectivity index (χ1n) is 21.4. The van der Waals surface area contributed by atoms with Gasteiger partial charge in [0.2, 0.25) is 11.8 Å². The molecule has 0 aromatic heterocycles. The quantitative estimate of drug-likeness (QED) is 0.288. The number of carbonyl (C=O) groups excluding carboxylic acids is 5. The van der Waals surface area contributed by atoms with Crippen LogP contribution in [0.4, 0.5) is 5.69 Å². The summed E-state index contributed by atoms with van der Waals surface area (Å²) in [4.78, 5) is 72.8. The highest BCUT2D eigenvalue weighted by atomic mass is 16.5. The van der Waals surface area contributed by atoms with E-state index in [4.69, 9.17) is 4.74 Å². The topological polar surface area (TPSA) is 155 Å². The van der Waals surface area contributed by atoms with Crippen molar-refractivity contribution in [2.24, 2.45) is 10.8 Å². The summed E-state index contributed by atoms with van der Waals surface area (Å²) in [5.74, 6) is -1.24. The Bertz CT molecular complexity index is 2270. The first kappa shape index (κ1) is 39.9. The zero-order chi connectivity index (χ0) is 42.2. The Morgan fingerprint density at radius 2 is 1.48 bits per heavy atom. The summed E-state index contributed by atoms with van der Waals surface area (Å²) < 4.78 is 6.53. The van der Waals surface area contributed by atoms with Crippen molar-refractivity contribution in [3.8, 4) is 11.8 Å². The van der Waals surface area contributed by atoms with Crippen molar-refractivity contribution in [2.45, 2.75) is 110 Å². The van der Waals surface area contributed by atoms with E-state index >= 15 is 0 Å². The van der Waals surface area contributed by atoms with Crippen LogP contribution in [0.3, 0.4) is 0 Å². The number of hydrogen-bond donors (Lipinski definition) is 2. The zero-order valence-electron chi connectivity index (χ0n) is 35.0. The standard InChI is InChI=1S/C47H53N7O6/c1-6-27-19-35(12-9-29(27)22-48)60-45-46(2,3)44(47(45,4)5)50-40(56)28-7-10-32(11-8-28)51-17-15-33(16-18-51)53-25-34(26-53)52-23-30-20-36-37(21-31(30)24-52)43(59)54(42(36)58)38-13-14-39(55)49-41(38)57/h7-12,19-21,33-34,38,44-45H,6,13-18,23-26H2,1-5H3,(H,50,56)(H,49,55,57). The number of hydrogen-bond acceptors (Lipinski definition) is 10. The van der Waals surface area contributed by atoms with Crippen LogP contribution in [0.5, 0.6) is 5.75 Å². The third-order valence-corrected chi connectivity index (χ3v) is 14.3. The number of anilines is 1. The molecule has 3 aromatic rings. The van der Waals surface area contributed by atoms with Gasteiger partial charge in [-0.05, 0) is 97.0 Å². The Morgan fingerprint density at radius 1 is 0.850 bits per heavy atom. The first-order valence-corrected chi connectivity index (χ1v) is 21.4. The second-order valence-electron chi connectivity index (χ2n) is 18.7. The van der Waals surface area contributed by atoms with Gasteiger partial charge in [-0.3, -0.25) is 44.0 Å². The van der Waals surface area contributed by atoms with E-state index < -0.39 is 23.8 Å². The number of carbonyl (C=O) groups is 5. The van der Waals surface area contributed by atoms with Gasteiger partial charge < -0.3 is 15.0 Å². The van der Waals surface area contributed by atoms with Crippen LogP contribution in [0.15, 0.2) is 54.6 Å². The average Bonchev–Trinajstić information content (AvgIpc) is 3.73. The first-order chi connectivity index (χ1) is 28.7. The molecular formula is C47H53N7O6. The van der Waals surface area contributed by atoms with Crippen molar-refractivity contribution in [3.05, 3.63) is 93.5 Å². The third-order valence-electron chi connectivity index (χ3n) is 14.3. The second kappa shape index (κ2) is 14.9. The van der Waals surface area contributed by atoms with Crippen molar-refractivity contribution >= 4 is 35.2 Å². The van der Waals surface area contributed by atoms with Crippen molar-refractivity contribution in [1.29, 1.82) is 5.26 Å². The number of likely N-dealkylation sites (tertiary alicyclic amines) is 1. The molecule has 1 saturated carbocycles. The Hall–Kier alpha value is -5.58. The van der Waals surface area contributed by atoms with Crippen LogP contribution in [-0.4, -0.2) is 101 Å². The molecule has 1 atom stereocenters. The van der Waals surface area contributed by atoms with Crippen LogP contribution in [0.1, 0.15) is 114 Å². The molecule has 312 valence electrons. The number of nitriles is 1. The normalized spacial score (nSPS) is 25.2. The molecule has 0 spiro atoms. The summed E-state index contributed by atoms with van der Waals surface area (Å²) in [7, 11) is 0. The molecule has 3 saturated heterocycles. The molecule has 1 aliphatic carbocycles. The van der Waals surface area contributed by atoms with Gasteiger partial charge in [-0.15, -0.1) is 0 Å². The molecule has 13 nitrogen and oxygen atoms in total. The molecule has 2 N–H and O–H groups in total. The van der Waals surface area contributed by atoms with Gasteiger partial charge in [0, 0.05) is 85.9 Å². The predicted octanol–water partition coefficient (Wildman–Crippen LogP) is 4.80. The lowest BCUT2D eigenvalue weighted by Crippen LogP contribution is -2.74. The number of amides is 5. The maximum absolute atomic E-state index is 13.6. The SMILES string of the molecule is CCc1cc(OC2C(C)(C)C(NC(=O)c3ccc(N4CCC(N5CC(N6Cc7cc8c(cc7C6)C(=O)N(C6CCC(=O)NC6=O)C8=O)C5)CC4)cc3)C2(C)C)ccc1C#N. The molecule has 13 heteroatoms. The monoisotopic (exact) mass is 811 g/mol. The lowest BCUT2D eigenvalue weighted by Gasteiger charge is -2.63. The Kier molecular flexibility index (Phi) is 9.87. The number of fused-ring (bicyclic) bond motifs is 2. The van der Waals surface area contributed by atoms with E-state index in [9.17, 15) is 29.2 Å². The summed E-state index contributed by atoms with van der Waals surface area (Å²) >= 11 is 0. The molecule has 5 heterocycles. The van der Waals surface area contributed by atoms with Gasteiger partial charge in [0.1, 0.15) is 17.9 Å². The van der Waals surface area contributed by atoms with Gasteiger partial charge in [0.25, 0.3) is 17.7 Å². The van der Waals surface area contributed by atoms with Crippen LogP contribution < -0.4 is 20.3 Å². The lowest BCUT2D eigenvalue weighted by atomic mass is 9.49. The van der Waals surface area contributed by atoms with Crippen LogP contribution in [0.25, 0.3) is 0 Å². The fourth-order valence-electron chi connectivity index (χ4n) is 11.2. The van der Waals surface area contributed by atoms with E-state index in [1.165, 1.54) is 0 Å². The Balaban J connectivity index is 0.739. The zero-order valence-corrected chi connectivity index (χ0v) is 35.0. The van der Waals surface area contributed by atoms with E-state index in [-0.39, 0.29) is 47.6 Å². The molecule has 60 heavy (non-hydrogen) atoms. The van der Waals surface area contributed by atoms with Crippen molar-refractivity contribution in [2.75, 3.05) is 31.1 Å². The van der Waals surface area contributed by atoms with E-state index in [1.807, 2.05) is 49.4 Å². The Labute approximate surface area is 351 Å². The molecule has 6 aliphatic rings. The lowest BCUT2D eigenvalue weighted by molar-refractivity contribution is -0.164. The number of benzene rings is 3. The summed E-state index contributed by atoms with van der Waals surface area (Å²) in [5, 5.41) is 15.0. The summed E-state index contributed by atoms with van der Waals surface area (Å²) in [6.07, 6.45) is 3.00. The fraction of sp³-hybridized carbons (Fsp3) is 0.489. The van der Waals surface area contributed by atoms with E-state index in [0.29, 0.717) is 34.3 Å². The predicted molar refractivity (Wildman–Crippen MR) is 223 cm³/mol. The second-order valence-corrected chi connectivity index (χ2v) is 18.7. The molecule has 4 fully saturated rings. The number of aryl methyl sites for hydroxylation is 1. The minimum absolute atomic E-state index is 0.0903. The summed E-state index contributed by atoms with van der Waals surface area (Å²) in [5.41, 5.74) is 5.57. The molecule has 0 radical (unpaired) electrons. The third kappa shape index (κ3) is 6.65. The van der Waals surface area contributed by atoms with E-state index in [2.05, 4.69) is 71.2 Å². The number of nitrogens with one attached hydrogen (secondary N) is 2. The van der Waals surface area contributed by atoms with Crippen LogP contribution in [0.2, 0.25) is 0 Å². The molecule has 1 unspecified atom stereocenters. The van der Waals surface area contributed by atoms with Crippen LogP contribution >= 0.6 is 0 Å². The molecule has 5 amide bonds. The van der Waals surface area contributed by atoms with Crippen molar-refractivity contribution in [1.82, 2.24) is 25.3 Å². The van der Waals surface area contributed by atoms with Gasteiger partial charge in [-0.2, -0.15) is 5.26 Å². The molecule has 9 rings (SSSR count). The molecule has 3 aromatic carbocycles. The van der Waals surface area contributed by atoms with Crippen molar-refractivity contribution < 1.29 is 28.7 Å². The summed E-state index contributed by atoms with van der Waals surface area (Å²) in [6, 6.07) is 19.4. The molecule has 0 bridgehead atoms. The van der Waals surface area contributed by atoms with Gasteiger partial charge in [0.05, 0.1) is 22.8 Å². The molecule has 5 aliphatic heterocycles. The van der Waals surface area contributed by atoms with Gasteiger partial charge in [0.15, 0.2) is 0 Å². The van der Waals surface area contributed by atoms with Crippen LogP contribution in [0, 0.1) is 22.2 Å². The maximum Gasteiger partial charge on any atom is 0.262 e. The largest absolute Gasteiger partial charge is 0.489 e. The van der Waals surface area contributed by atoms with Crippen LogP contribution in [-0.2, 0) is 29.1 Å². The van der Waals surface area contributed by atoms with E-state index in [1.54, 1.807) is 0 Å².